The van der Waals surface area contributed by atoms with Gasteiger partial charge in [0, 0.05) is 11.9 Å². The number of aryl methyl sites for hydroxylation is 1. The lowest BCUT2D eigenvalue weighted by Crippen LogP contribution is -1.83. The molecule has 1 aromatic rings. The number of nitrogens with zero attached hydrogens (tertiary/aromatic N) is 1. The van der Waals surface area contributed by atoms with Crippen LogP contribution in [0.25, 0.3) is 5.57 Å². The molecule has 0 atom stereocenters. The molecule has 14 heavy (non-hydrogen) atoms. The molecule has 0 saturated carbocycles. The van der Waals surface area contributed by atoms with Gasteiger partial charge < -0.3 is 0 Å². The minimum Gasteiger partial charge on any atom is -0.261 e. The summed E-state index contributed by atoms with van der Waals surface area (Å²) in [6.07, 6.45) is 5.65. The molecule has 1 nitrogen and oxygen atoms in total. The molecule has 0 aromatic carbocycles. The third kappa shape index (κ3) is 4.04. The molecule has 0 fully saturated rings. The van der Waals surface area contributed by atoms with E-state index in [1.807, 2.05) is 46.0 Å². The van der Waals surface area contributed by atoms with Crippen LogP contribution in [-0.2, 0) is 0 Å². The third-order valence-corrected chi connectivity index (χ3v) is 1.73. The molecule has 0 spiro atoms. The number of aromatic nitrogens is 1. The number of allylic oxidation sites excluding steroid dienone is 3. The first-order chi connectivity index (χ1) is 6.74. The highest BCUT2D eigenvalue weighted by Gasteiger charge is 1.93. The Morgan fingerprint density at radius 3 is 2.43 bits per heavy atom. The highest BCUT2D eigenvalue weighted by Crippen LogP contribution is 2.11. The van der Waals surface area contributed by atoms with Gasteiger partial charge in [-0.2, -0.15) is 0 Å². The average Bonchev–Trinajstić information content (AvgIpc) is 2.22. The Kier molecular flexibility index (Phi) is 6.38. The van der Waals surface area contributed by atoms with E-state index in [0.717, 1.165) is 11.3 Å². The summed E-state index contributed by atoms with van der Waals surface area (Å²) in [5.74, 6) is 0. The minimum absolute atomic E-state index is 1.05. The zero-order chi connectivity index (χ0) is 11.0. The first kappa shape index (κ1) is 12.6. The van der Waals surface area contributed by atoms with Gasteiger partial charge in [0.1, 0.15) is 0 Å². The molecule has 76 valence electrons. The van der Waals surface area contributed by atoms with Crippen molar-refractivity contribution >= 4 is 5.57 Å². The van der Waals surface area contributed by atoms with Crippen molar-refractivity contribution in [1.82, 2.24) is 4.98 Å². The molecular formula is C13H19N. The highest BCUT2D eigenvalue weighted by atomic mass is 14.7. The van der Waals surface area contributed by atoms with Crippen molar-refractivity contribution in [2.24, 2.45) is 0 Å². The fraction of sp³-hybridized carbons (Fsp3) is 0.308. The summed E-state index contributed by atoms with van der Waals surface area (Å²) in [6, 6.07) is 4.08. The second-order valence-corrected chi connectivity index (χ2v) is 2.77. The molecule has 0 N–H and O–H groups in total. The molecule has 0 unspecified atom stereocenters. The summed E-state index contributed by atoms with van der Waals surface area (Å²) >= 11 is 0. The van der Waals surface area contributed by atoms with Gasteiger partial charge in [0.25, 0.3) is 0 Å². The van der Waals surface area contributed by atoms with Crippen LogP contribution in [-0.4, -0.2) is 4.98 Å². The summed E-state index contributed by atoms with van der Waals surface area (Å²) in [6.45, 7) is 11.7. The van der Waals surface area contributed by atoms with Gasteiger partial charge in [-0.25, -0.2) is 0 Å². The van der Waals surface area contributed by atoms with Gasteiger partial charge in [-0.05, 0) is 31.1 Å². The molecule has 0 radical (unpaired) electrons. The van der Waals surface area contributed by atoms with Crippen molar-refractivity contribution in [3.63, 3.8) is 0 Å². The van der Waals surface area contributed by atoms with E-state index in [4.69, 9.17) is 0 Å². The van der Waals surface area contributed by atoms with Crippen LogP contribution in [0.4, 0.5) is 0 Å². The van der Waals surface area contributed by atoms with Crippen LogP contribution in [0.2, 0.25) is 0 Å². The largest absolute Gasteiger partial charge is 0.261 e. The predicted molar refractivity (Wildman–Crippen MR) is 64.2 cm³/mol. The second-order valence-electron chi connectivity index (χ2n) is 2.77. The molecule has 1 rings (SSSR count). The Bertz CT molecular complexity index is 294. The third-order valence-electron chi connectivity index (χ3n) is 1.73. The zero-order valence-corrected chi connectivity index (χ0v) is 9.54. The lowest BCUT2D eigenvalue weighted by Gasteiger charge is -1.99. The standard InChI is InChI=1S/C11H13N.C2H6/c1-4-5-9(2)11-7-6-10(3)12-8-11;1-2/h4-8H,1H2,2-3H3;1-2H3/b9-5+;. The average molecular weight is 189 g/mol. The fourth-order valence-electron chi connectivity index (χ4n) is 0.974. The van der Waals surface area contributed by atoms with E-state index in [2.05, 4.69) is 17.6 Å². The van der Waals surface area contributed by atoms with E-state index in [0.29, 0.717) is 0 Å². The van der Waals surface area contributed by atoms with E-state index < -0.39 is 0 Å². The molecule has 0 amide bonds. The topological polar surface area (TPSA) is 12.9 Å². The van der Waals surface area contributed by atoms with Crippen molar-refractivity contribution in [2.75, 3.05) is 0 Å². The maximum absolute atomic E-state index is 4.21. The molecule has 1 aromatic heterocycles. The van der Waals surface area contributed by atoms with Crippen LogP contribution < -0.4 is 0 Å². The summed E-state index contributed by atoms with van der Waals surface area (Å²) < 4.78 is 0. The van der Waals surface area contributed by atoms with Crippen molar-refractivity contribution in [3.8, 4) is 0 Å². The van der Waals surface area contributed by atoms with Gasteiger partial charge in [0.05, 0.1) is 0 Å². The van der Waals surface area contributed by atoms with Crippen LogP contribution in [0, 0.1) is 6.92 Å². The molecule has 0 aliphatic heterocycles. The lowest BCUT2D eigenvalue weighted by atomic mass is 10.1. The smallest absolute Gasteiger partial charge is 0.0373 e. The summed E-state index contributed by atoms with van der Waals surface area (Å²) in [4.78, 5) is 4.21. The normalized spacial score (nSPS) is 10.1. The Morgan fingerprint density at radius 2 is 2.00 bits per heavy atom. The zero-order valence-electron chi connectivity index (χ0n) is 9.54. The first-order valence-corrected chi connectivity index (χ1v) is 4.96. The Balaban J connectivity index is 0.000000791. The number of rotatable bonds is 2. The van der Waals surface area contributed by atoms with Crippen molar-refractivity contribution in [3.05, 3.63) is 48.3 Å². The maximum atomic E-state index is 4.21. The monoisotopic (exact) mass is 189 g/mol. The molecule has 0 aliphatic rings. The van der Waals surface area contributed by atoms with E-state index in [-0.39, 0.29) is 0 Å². The van der Waals surface area contributed by atoms with Gasteiger partial charge in [0.15, 0.2) is 0 Å². The Morgan fingerprint density at radius 1 is 1.36 bits per heavy atom. The number of pyridine rings is 1. The van der Waals surface area contributed by atoms with Gasteiger partial charge in [-0.3, -0.25) is 4.98 Å². The molecular weight excluding hydrogens is 170 g/mol. The Hall–Kier alpha value is -1.37. The molecule has 0 aliphatic carbocycles. The number of hydrogen-bond acceptors (Lipinski definition) is 1. The van der Waals surface area contributed by atoms with E-state index >= 15 is 0 Å². The summed E-state index contributed by atoms with van der Waals surface area (Å²) in [5, 5.41) is 0. The van der Waals surface area contributed by atoms with E-state index in [1.54, 1.807) is 6.08 Å². The fourth-order valence-corrected chi connectivity index (χ4v) is 0.974. The van der Waals surface area contributed by atoms with Crippen molar-refractivity contribution in [1.29, 1.82) is 0 Å². The molecule has 0 bridgehead atoms. The van der Waals surface area contributed by atoms with Crippen molar-refractivity contribution in [2.45, 2.75) is 27.7 Å². The van der Waals surface area contributed by atoms with Gasteiger partial charge in [-0.15, -0.1) is 0 Å². The summed E-state index contributed by atoms with van der Waals surface area (Å²) in [5.41, 5.74) is 3.39. The maximum Gasteiger partial charge on any atom is 0.0373 e. The van der Waals surface area contributed by atoms with Crippen LogP contribution in [0.1, 0.15) is 32.0 Å². The SMILES string of the molecule is C=C/C=C(\C)c1ccc(C)nc1.CC. The van der Waals surface area contributed by atoms with Crippen LogP contribution in [0.15, 0.2) is 37.1 Å². The highest BCUT2D eigenvalue weighted by molar-refractivity contribution is 5.64. The second kappa shape index (κ2) is 7.07. The van der Waals surface area contributed by atoms with Gasteiger partial charge in [0.2, 0.25) is 0 Å². The first-order valence-electron chi connectivity index (χ1n) is 4.96. The van der Waals surface area contributed by atoms with Gasteiger partial charge in [-0.1, -0.05) is 38.6 Å². The molecule has 1 heteroatoms. The quantitative estimate of drug-likeness (QED) is 0.641. The summed E-state index contributed by atoms with van der Waals surface area (Å²) in [7, 11) is 0. The van der Waals surface area contributed by atoms with Crippen LogP contribution in [0.3, 0.4) is 0 Å². The lowest BCUT2D eigenvalue weighted by molar-refractivity contribution is 1.19. The van der Waals surface area contributed by atoms with Crippen LogP contribution in [0.5, 0.6) is 0 Å². The predicted octanol–water partition coefficient (Wildman–Crippen LogP) is 4.01. The van der Waals surface area contributed by atoms with Crippen LogP contribution >= 0.6 is 0 Å². The number of hydrogen-bond donors (Lipinski definition) is 0. The molecule has 0 saturated heterocycles. The molecule has 1 heterocycles. The van der Waals surface area contributed by atoms with E-state index in [1.165, 1.54) is 5.57 Å². The minimum atomic E-state index is 1.05. The van der Waals surface area contributed by atoms with E-state index in [9.17, 15) is 0 Å². The Labute approximate surface area is 87.2 Å². The van der Waals surface area contributed by atoms with Gasteiger partial charge >= 0.3 is 0 Å². The van der Waals surface area contributed by atoms with Crippen molar-refractivity contribution < 1.29 is 0 Å².